The molecule has 0 saturated heterocycles. The summed E-state index contributed by atoms with van der Waals surface area (Å²) in [6.45, 7) is 2.29. The minimum Gasteiger partial charge on any atom is -0.378 e. The number of nitrogens with one attached hydrogen (secondary N) is 1. The molecule has 3 rings (SSSR count). The largest absolute Gasteiger partial charge is 0.378 e. The molecule has 0 spiro atoms. The smallest absolute Gasteiger partial charge is 0.254 e. The van der Waals surface area contributed by atoms with Gasteiger partial charge in [-0.1, -0.05) is 17.7 Å². The number of benzene rings is 1. The third-order valence-corrected chi connectivity index (χ3v) is 3.72. The summed E-state index contributed by atoms with van der Waals surface area (Å²) in [5.41, 5.74) is 1.51. The maximum Gasteiger partial charge on any atom is 0.254 e. The van der Waals surface area contributed by atoms with Gasteiger partial charge in [0.25, 0.3) is 5.78 Å². The van der Waals surface area contributed by atoms with Crippen molar-refractivity contribution in [1.82, 2.24) is 19.6 Å². The van der Waals surface area contributed by atoms with Crippen LogP contribution in [0.25, 0.3) is 5.78 Å². The molecule has 23 heavy (non-hydrogen) atoms. The van der Waals surface area contributed by atoms with E-state index in [1.54, 1.807) is 17.7 Å². The molecule has 0 radical (unpaired) electrons. The average Bonchev–Trinajstić information content (AvgIpc) is 2.96. The Morgan fingerprint density at radius 1 is 1.39 bits per heavy atom. The quantitative estimate of drug-likeness (QED) is 0.775. The Bertz CT molecular complexity index is 838. The molecule has 0 fully saturated rings. The molecule has 0 aliphatic rings. The fraction of sp³-hybridized carbons (Fsp3) is 0.267. The van der Waals surface area contributed by atoms with Gasteiger partial charge in [0, 0.05) is 18.2 Å². The zero-order valence-corrected chi connectivity index (χ0v) is 13.4. The van der Waals surface area contributed by atoms with Crippen molar-refractivity contribution >= 4 is 23.2 Å². The van der Waals surface area contributed by atoms with E-state index in [4.69, 9.17) is 16.3 Å². The number of methoxy groups -OCH3 is 1. The highest BCUT2D eigenvalue weighted by Gasteiger charge is 2.14. The molecule has 2 heterocycles. The number of fused-ring (bicyclic) bond motifs is 1. The van der Waals surface area contributed by atoms with Gasteiger partial charge < -0.3 is 10.1 Å². The molecule has 0 amide bonds. The number of nitrogens with zero attached hydrogens (tertiary/aromatic N) is 4. The zero-order chi connectivity index (χ0) is 16.4. The van der Waals surface area contributed by atoms with Crippen molar-refractivity contribution in [2.45, 2.75) is 19.6 Å². The van der Waals surface area contributed by atoms with Crippen LogP contribution in [0.15, 0.2) is 30.6 Å². The molecule has 0 aliphatic carbocycles. The molecule has 0 bridgehead atoms. The molecule has 1 aromatic carbocycles. The number of halogens is 2. The van der Waals surface area contributed by atoms with E-state index in [1.807, 2.05) is 13.0 Å². The summed E-state index contributed by atoms with van der Waals surface area (Å²) in [5.74, 6) is 0.808. The van der Waals surface area contributed by atoms with Crippen LogP contribution >= 0.6 is 11.6 Å². The number of hydrogen-bond donors (Lipinski definition) is 1. The highest BCUT2D eigenvalue weighted by atomic mass is 35.5. The lowest BCUT2D eigenvalue weighted by Gasteiger charge is -2.18. The van der Waals surface area contributed by atoms with Gasteiger partial charge in [-0.25, -0.2) is 9.37 Å². The second-order valence-electron chi connectivity index (χ2n) is 5.07. The SMILES string of the molecule is COCc1cc(NC(C)c2ccc(F)cc2Cl)n2ncnc2n1. The van der Waals surface area contributed by atoms with Crippen LogP contribution in [0.3, 0.4) is 0 Å². The average molecular weight is 336 g/mol. The number of hydrogen-bond acceptors (Lipinski definition) is 5. The predicted molar refractivity (Wildman–Crippen MR) is 84.9 cm³/mol. The number of ether oxygens (including phenoxy) is 1. The molecule has 3 aromatic rings. The lowest BCUT2D eigenvalue weighted by atomic mass is 10.1. The van der Waals surface area contributed by atoms with Gasteiger partial charge in [0.15, 0.2) is 0 Å². The van der Waals surface area contributed by atoms with Crippen LogP contribution in [0.1, 0.15) is 24.2 Å². The minimum absolute atomic E-state index is 0.159. The maximum atomic E-state index is 13.2. The number of rotatable bonds is 5. The Labute approximate surface area is 137 Å². The van der Waals surface area contributed by atoms with Gasteiger partial charge in [0.2, 0.25) is 0 Å². The van der Waals surface area contributed by atoms with Crippen LogP contribution in [0.4, 0.5) is 10.2 Å². The van der Waals surface area contributed by atoms with E-state index >= 15 is 0 Å². The first kappa shape index (κ1) is 15.6. The molecule has 2 aromatic heterocycles. The van der Waals surface area contributed by atoms with Crippen molar-refractivity contribution in [2.75, 3.05) is 12.4 Å². The van der Waals surface area contributed by atoms with Crippen LogP contribution in [0.5, 0.6) is 0 Å². The van der Waals surface area contributed by atoms with Crippen molar-refractivity contribution < 1.29 is 9.13 Å². The van der Waals surface area contributed by atoms with Gasteiger partial charge in [-0.2, -0.15) is 14.6 Å². The molecular weight excluding hydrogens is 321 g/mol. The first-order valence-corrected chi connectivity index (χ1v) is 7.36. The fourth-order valence-corrected chi connectivity index (χ4v) is 2.67. The molecule has 1 N–H and O–H groups in total. The van der Waals surface area contributed by atoms with Gasteiger partial charge in [-0.05, 0) is 24.6 Å². The van der Waals surface area contributed by atoms with E-state index in [-0.39, 0.29) is 11.9 Å². The highest BCUT2D eigenvalue weighted by Crippen LogP contribution is 2.27. The Morgan fingerprint density at radius 3 is 2.96 bits per heavy atom. The Balaban J connectivity index is 1.95. The van der Waals surface area contributed by atoms with Crippen molar-refractivity contribution in [3.05, 3.63) is 52.7 Å². The maximum absolute atomic E-state index is 13.2. The van der Waals surface area contributed by atoms with Crippen molar-refractivity contribution in [2.24, 2.45) is 0 Å². The predicted octanol–water partition coefficient (Wildman–Crippen LogP) is 3.24. The Hall–Kier alpha value is -2.25. The fourth-order valence-electron chi connectivity index (χ4n) is 2.34. The first-order chi connectivity index (χ1) is 11.1. The topological polar surface area (TPSA) is 64.3 Å². The second kappa shape index (κ2) is 6.47. The Morgan fingerprint density at radius 2 is 2.22 bits per heavy atom. The number of anilines is 1. The summed E-state index contributed by atoms with van der Waals surface area (Å²) < 4.78 is 19.9. The molecular formula is C15H15ClFN5O. The van der Waals surface area contributed by atoms with E-state index in [0.29, 0.717) is 23.2 Å². The second-order valence-corrected chi connectivity index (χ2v) is 5.48. The third-order valence-electron chi connectivity index (χ3n) is 3.39. The van der Waals surface area contributed by atoms with Crippen LogP contribution < -0.4 is 5.32 Å². The van der Waals surface area contributed by atoms with Crippen LogP contribution in [-0.2, 0) is 11.3 Å². The van der Waals surface area contributed by atoms with Gasteiger partial charge in [-0.3, -0.25) is 0 Å². The van der Waals surface area contributed by atoms with Gasteiger partial charge in [-0.15, -0.1) is 0 Å². The summed E-state index contributed by atoms with van der Waals surface area (Å²) >= 11 is 6.12. The molecule has 8 heteroatoms. The molecule has 0 saturated carbocycles. The zero-order valence-electron chi connectivity index (χ0n) is 12.6. The van der Waals surface area contributed by atoms with E-state index < -0.39 is 0 Å². The summed E-state index contributed by atoms with van der Waals surface area (Å²) in [6, 6.07) is 6.01. The van der Waals surface area contributed by atoms with Gasteiger partial charge in [0.05, 0.1) is 18.3 Å². The van der Waals surface area contributed by atoms with Gasteiger partial charge >= 0.3 is 0 Å². The summed E-state index contributed by atoms with van der Waals surface area (Å²) in [6.07, 6.45) is 1.43. The van der Waals surface area contributed by atoms with E-state index in [0.717, 1.165) is 11.3 Å². The summed E-state index contributed by atoms with van der Waals surface area (Å²) in [5, 5.41) is 7.82. The molecule has 0 aliphatic heterocycles. The highest BCUT2D eigenvalue weighted by molar-refractivity contribution is 6.31. The Kier molecular flexibility index (Phi) is 4.40. The van der Waals surface area contributed by atoms with Crippen molar-refractivity contribution in [1.29, 1.82) is 0 Å². The number of aromatic nitrogens is 4. The summed E-state index contributed by atoms with van der Waals surface area (Å²) in [7, 11) is 1.60. The third kappa shape index (κ3) is 3.25. The standard InChI is InChI=1S/C15H15ClFN5O/c1-9(12-4-3-10(17)5-13(12)16)20-14-6-11(7-23-2)21-15-18-8-19-22(14)15/h3-6,8-9,20H,7H2,1-2H3. The van der Waals surface area contributed by atoms with E-state index in [9.17, 15) is 4.39 Å². The van der Waals surface area contributed by atoms with E-state index in [2.05, 4.69) is 20.4 Å². The molecule has 1 atom stereocenters. The van der Waals surface area contributed by atoms with Crippen molar-refractivity contribution in [3.8, 4) is 0 Å². The normalized spacial score (nSPS) is 12.5. The minimum atomic E-state index is -0.365. The van der Waals surface area contributed by atoms with E-state index in [1.165, 1.54) is 18.5 Å². The molecule has 1 unspecified atom stereocenters. The van der Waals surface area contributed by atoms with Crippen LogP contribution in [0.2, 0.25) is 5.02 Å². The van der Waals surface area contributed by atoms with Crippen LogP contribution in [-0.4, -0.2) is 26.7 Å². The van der Waals surface area contributed by atoms with Crippen molar-refractivity contribution in [3.63, 3.8) is 0 Å². The molecule has 120 valence electrons. The molecule has 6 nitrogen and oxygen atoms in total. The lowest BCUT2D eigenvalue weighted by molar-refractivity contribution is 0.181. The summed E-state index contributed by atoms with van der Waals surface area (Å²) in [4.78, 5) is 8.44. The first-order valence-electron chi connectivity index (χ1n) is 6.98. The van der Waals surface area contributed by atoms with Crippen LogP contribution in [0, 0.1) is 5.82 Å². The van der Waals surface area contributed by atoms with Gasteiger partial charge in [0.1, 0.15) is 18.0 Å². The monoisotopic (exact) mass is 335 g/mol. The lowest BCUT2D eigenvalue weighted by Crippen LogP contribution is -2.12.